The Morgan fingerprint density at radius 1 is 1.07 bits per heavy atom. The first kappa shape index (κ1) is 17.5. The highest BCUT2D eigenvalue weighted by Gasteiger charge is 2.27. The zero-order valence-electron chi connectivity index (χ0n) is 15.3. The van der Waals surface area contributed by atoms with E-state index in [0.29, 0.717) is 0 Å². The molecule has 28 heavy (non-hydrogen) atoms. The van der Waals surface area contributed by atoms with Crippen LogP contribution in [-0.4, -0.2) is 21.0 Å². The Balaban J connectivity index is 1.52. The Bertz CT molecular complexity index is 1170. The maximum absolute atomic E-state index is 4.85. The van der Waals surface area contributed by atoms with E-state index in [4.69, 9.17) is 10.1 Å². The summed E-state index contributed by atoms with van der Waals surface area (Å²) in [7, 11) is 0. The van der Waals surface area contributed by atoms with E-state index in [2.05, 4.69) is 44.7 Å². The Labute approximate surface area is 175 Å². The van der Waals surface area contributed by atoms with Crippen molar-refractivity contribution in [2.45, 2.75) is 19.8 Å². The van der Waals surface area contributed by atoms with Gasteiger partial charge in [-0.2, -0.15) is 5.10 Å². The molecule has 2 aromatic carbocycles. The fourth-order valence-corrected chi connectivity index (χ4v) is 4.74. The Morgan fingerprint density at radius 2 is 1.86 bits per heavy atom. The lowest BCUT2D eigenvalue weighted by atomic mass is 9.98. The molecule has 0 spiro atoms. The number of hydrogen-bond acceptors (Lipinski definition) is 4. The van der Waals surface area contributed by atoms with E-state index in [1.165, 1.54) is 16.1 Å². The van der Waals surface area contributed by atoms with Gasteiger partial charge in [-0.25, -0.2) is 14.7 Å². The molecule has 0 atom stereocenters. The van der Waals surface area contributed by atoms with E-state index in [1.54, 1.807) is 11.3 Å². The van der Waals surface area contributed by atoms with E-state index in [0.717, 1.165) is 45.1 Å². The summed E-state index contributed by atoms with van der Waals surface area (Å²) in [6.45, 7) is 2.07. The number of fused-ring (bicyclic) bond motifs is 3. The average Bonchev–Trinajstić information content (AvgIpc) is 3.29. The van der Waals surface area contributed by atoms with Gasteiger partial charge in [-0.1, -0.05) is 57.6 Å². The van der Waals surface area contributed by atoms with Crippen molar-refractivity contribution in [1.82, 2.24) is 14.8 Å². The smallest absolute Gasteiger partial charge is 0.209 e. The minimum absolute atomic E-state index is 0.799. The molecule has 1 aliphatic rings. The van der Waals surface area contributed by atoms with Gasteiger partial charge in [0.2, 0.25) is 5.13 Å². The molecular weight excluding hydrogens is 432 g/mol. The average molecular weight is 449 g/mol. The largest absolute Gasteiger partial charge is 0.237 e. The molecule has 2 heterocycles. The SMILES string of the molecule is Cc1nn(-c2ccccc2)c2c1-c1nc(/N=C/c3ccc(Br)cc3)sc1CC2. The summed E-state index contributed by atoms with van der Waals surface area (Å²) in [5.41, 5.74) is 6.64. The molecule has 0 radical (unpaired) electrons. The maximum Gasteiger partial charge on any atom is 0.209 e. The summed E-state index contributed by atoms with van der Waals surface area (Å²) in [6.07, 6.45) is 3.82. The van der Waals surface area contributed by atoms with Crippen LogP contribution < -0.4 is 0 Å². The van der Waals surface area contributed by atoms with Crippen LogP contribution in [0.2, 0.25) is 0 Å². The number of aliphatic imine (C=N–C) groups is 1. The summed E-state index contributed by atoms with van der Waals surface area (Å²) in [6, 6.07) is 18.4. The summed E-state index contributed by atoms with van der Waals surface area (Å²) >= 11 is 5.14. The van der Waals surface area contributed by atoms with Gasteiger partial charge in [-0.3, -0.25) is 0 Å². The molecule has 4 aromatic rings. The fourth-order valence-electron chi connectivity index (χ4n) is 3.57. The van der Waals surface area contributed by atoms with Crippen LogP contribution in [0.3, 0.4) is 0 Å². The molecular formula is C22H17BrN4S. The molecule has 2 aromatic heterocycles. The number of hydrogen-bond donors (Lipinski definition) is 0. The quantitative estimate of drug-likeness (QED) is 0.365. The van der Waals surface area contributed by atoms with Crippen molar-refractivity contribution in [3.63, 3.8) is 0 Å². The highest BCUT2D eigenvalue weighted by Crippen LogP contribution is 2.41. The number of para-hydroxylation sites is 1. The fraction of sp³-hybridized carbons (Fsp3) is 0.136. The van der Waals surface area contributed by atoms with Crippen LogP contribution in [0.5, 0.6) is 0 Å². The van der Waals surface area contributed by atoms with Crippen LogP contribution in [0, 0.1) is 6.92 Å². The van der Waals surface area contributed by atoms with Crippen molar-refractivity contribution in [2.24, 2.45) is 4.99 Å². The minimum Gasteiger partial charge on any atom is -0.237 e. The van der Waals surface area contributed by atoms with Gasteiger partial charge in [0.25, 0.3) is 0 Å². The molecule has 1 aliphatic carbocycles. The standard InChI is InChI=1S/C22H17BrN4S/c1-14-20-18(27(26-14)17-5-3-2-4-6-17)11-12-19-21(20)25-22(28-19)24-13-15-7-9-16(23)10-8-15/h2-10,13H,11-12H2,1H3/b24-13+. The third-order valence-corrected chi connectivity index (χ3v) is 6.41. The number of nitrogens with zero attached hydrogens (tertiary/aromatic N) is 4. The molecule has 6 heteroatoms. The third kappa shape index (κ3) is 3.12. The van der Waals surface area contributed by atoms with Crippen molar-refractivity contribution in [3.05, 3.63) is 80.9 Å². The Morgan fingerprint density at radius 3 is 2.64 bits per heavy atom. The molecule has 0 unspecified atom stereocenters. The van der Waals surface area contributed by atoms with Crippen LogP contribution in [-0.2, 0) is 12.8 Å². The summed E-state index contributed by atoms with van der Waals surface area (Å²) in [4.78, 5) is 10.8. The lowest BCUT2D eigenvalue weighted by molar-refractivity contribution is 0.779. The van der Waals surface area contributed by atoms with Gasteiger partial charge in [0.05, 0.1) is 22.8 Å². The topological polar surface area (TPSA) is 43.1 Å². The van der Waals surface area contributed by atoms with Gasteiger partial charge in [-0.05, 0) is 49.6 Å². The molecule has 0 fully saturated rings. The van der Waals surface area contributed by atoms with Crippen molar-refractivity contribution in [3.8, 4) is 16.9 Å². The maximum atomic E-state index is 4.85. The highest BCUT2D eigenvalue weighted by molar-refractivity contribution is 9.10. The van der Waals surface area contributed by atoms with Gasteiger partial charge in [0.15, 0.2) is 0 Å². The summed E-state index contributed by atoms with van der Waals surface area (Å²) < 4.78 is 3.13. The molecule has 0 aliphatic heterocycles. The van der Waals surface area contributed by atoms with Gasteiger partial charge >= 0.3 is 0 Å². The van der Waals surface area contributed by atoms with Crippen molar-refractivity contribution >= 4 is 38.6 Å². The van der Waals surface area contributed by atoms with Crippen LogP contribution in [0.1, 0.15) is 21.8 Å². The number of aromatic nitrogens is 3. The van der Waals surface area contributed by atoms with E-state index in [9.17, 15) is 0 Å². The molecule has 4 nitrogen and oxygen atoms in total. The van der Waals surface area contributed by atoms with Crippen LogP contribution in [0.4, 0.5) is 5.13 Å². The first-order chi connectivity index (χ1) is 13.7. The van der Waals surface area contributed by atoms with Crippen LogP contribution in [0.25, 0.3) is 16.9 Å². The van der Waals surface area contributed by atoms with Crippen LogP contribution >= 0.6 is 27.3 Å². The van der Waals surface area contributed by atoms with Crippen molar-refractivity contribution in [2.75, 3.05) is 0 Å². The number of rotatable bonds is 3. The zero-order valence-corrected chi connectivity index (χ0v) is 17.7. The lowest BCUT2D eigenvalue weighted by Crippen LogP contribution is -2.07. The second kappa shape index (κ2) is 7.11. The van der Waals surface area contributed by atoms with Gasteiger partial charge in [0.1, 0.15) is 0 Å². The normalized spacial score (nSPS) is 12.9. The zero-order chi connectivity index (χ0) is 19.1. The number of thiazole rings is 1. The van der Waals surface area contributed by atoms with E-state index >= 15 is 0 Å². The Hall–Kier alpha value is -2.57. The molecule has 0 amide bonds. The molecule has 138 valence electrons. The molecule has 0 saturated carbocycles. The summed E-state index contributed by atoms with van der Waals surface area (Å²) in [5.74, 6) is 0. The first-order valence-corrected chi connectivity index (χ1v) is 10.7. The van der Waals surface area contributed by atoms with Gasteiger partial charge in [-0.15, -0.1) is 0 Å². The van der Waals surface area contributed by atoms with E-state index < -0.39 is 0 Å². The second-order valence-corrected chi connectivity index (χ2v) is 8.71. The van der Waals surface area contributed by atoms with E-state index in [1.807, 2.05) is 48.7 Å². The van der Waals surface area contributed by atoms with Crippen LogP contribution in [0.15, 0.2) is 64.1 Å². The molecule has 0 saturated heterocycles. The predicted octanol–water partition coefficient (Wildman–Crippen LogP) is 5.92. The highest BCUT2D eigenvalue weighted by atomic mass is 79.9. The molecule has 0 N–H and O–H groups in total. The number of halogens is 1. The molecule has 0 bridgehead atoms. The second-order valence-electron chi connectivity index (χ2n) is 6.73. The number of benzene rings is 2. The predicted molar refractivity (Wildman–Crippen MR) is 118 cm³/mol. The minimum atomic E-state index is 0.799. The monoisotopic (exact) mass is 448 g/mol. The molecule has 5 rings (SSSR count). The first-order valence-electron chi connectivity index (χ1n) is 9.12. The van der Waals surface area contributed by atoms with E-state index in [-0.39, 0.29) is 0 Å². The van der Waals surface area contributed by atoms with Crippen molar-refractivity contribution in [1.29, 1.82) is 0 Å². The van der Waals surface area contributed by atoms with Gasteiger partial charge in [0, 0.05) is 21.1 Å². The van der Waals surface area contributed by atoms with Gasteiger partial charge < -0.3 is 0 Å². The van der Waals surface area contributed by atoms with Crippen molar-refractivity contribution < 1.29 is 0 Å². The number of aryl methyl sites for hydroxylation is 2. The third-order valence-electron chi connectivity index (χ3n) is 4.86. The summed E-state index contributed by atoms with van der Waals surface area (Å²) in [5, 5.41) is 5.61. The Kier molecular flexibility index (Phi) is 4.45. The lowest BCUT2D eigenvalue weighted by Gasteiger charge is -2.13.